The van der Waals surface area contributed by atoms with Gasteiger partial charge in [-0.05, 0) is 31.2 Å². The summed E-state index contributed by atoms with van der Waals surface area (Å²) < 4.78 is 0. The molecule has 0 bridgehead atoms. The number of carboxylic acids is 1. The number of aromatic carboxylic acids is 1. The molecule has 3 rings (SSSR count). The number of hydrogen-bond donors (Lipinski definition) is 2. The Morgan fingerprint density at radius 2 is 1.96 bits per heavy atom. The van der Waals surface area contributed by atoms with Crippen LogP contribution in [0.2, 0.25) is 0 Å². The summed E-state index contributed by atoms with van der Waals surface area (Å²) in [5.74, 6) is -0.848. The number of anilines is 3. The molecule has 0 aromatic carbocycles. The Balaban J connectivity index is 0.00000280. The Morgan fingerprint density at radius 1 is 1.21 bits per heavy atom. The number of nitrogens with one attached hydrogen (secondary N) is 2. The number of carboxylic acid groups (broad SMARTS) is 1. The zero-order valence-corrected chi connectivity index (χ0v) is 16.1. The van der Waals surface area contributed by atoms with Gasteiger partial charge in [0.15, 0.2) is 0 Å². The topological polar surface area (TPSA) is 114 Å². The second-order valence-corrected chi connectivity index (χ2v) is 6.17. The average molecular weight is 371 g/mol. The summed E-state index contributed by atoms with van der Waals surface area (Å²) in [6, 6.07) is 8.58. The fraction of sp³-hybridized carbons (Fsp3) is 0.158. The molecule has 9 heteroatoms. The van der Waals surface area contributed by atoms with E-state index in [9.17, 15) is 14.7 Å². The normalized spacial score (nSPS) is 10.1. The van der Waals surface area contributed by atoms with E-state index >= 15 is 0 Å². The third-order valence-electron chi connectivity index (χ3n) is 3.94. The number of carbonyl (C=O) groups is 1. The van der Waals surface area contributed by atoms with Crippen LogP contribution in [0.1, 0.15) is 16.1 Å². The summed E-state index contributed by atoms with van der Waals surface area (Å²) in [5.41, 5.74) is 2.14. The van der Waals surface area contributed by atoms with Crippen LogP contribution in [0.25, 0.3) is 11.3 Å². The van der Waals surface area contributed by atoms with Gasteiger partial charge >= 0.3 is 18.9 Å². The van der Waals surface area contributed by atoms with Crippen LogP contribution in [0.15, 0.2) is 47.5 Å². The molecule has 138 valence electrons. The molecule has 3 heterocycles. The molecule has 2 N–H and O–H groups in total. The molecule has 0 radical (unpaired) electrons. The SMILES string of the molecule is Cc1cccc(-c2cc(Nc3ccncc3C(=O)[O-])c(N(C)C)[nH]c2=O)n1.[Li+]. The fourth-order valence-corrected chi connectivity index (χ4v) is 2.66. The van der Waals surface area contributed by atoms with Crippen molar-refractivity contribution in [2.45, 2.75) is 6.92 Å². The van der Waals surface area contributed by atoms with Gasteiger partial charge in [0.05, 0.1) is 28.6 Å². The van der Waals surface area contributed by atoms with Gasteiger partial charge in [-0.3, -0.25) is 14.8 Å². The Morgan fingerprint density at radius 3 is 2.61 bits per heavy atom. The standard InChI is InChI=1S/C19H19N5O3.Li/c1-11-5-4-6-14(21-11)12-9-16(17(24(2)3)23-18(12)25)22-15-7-8-20-10-13(15)19(26)27;/h4-10H,1-3H3,(H,20,22)(H,23,25)(H,26,27);/q;+1/p-1. The molecule has 0 aliphatic heterocycles. The quantitative estimate of drug-likeness (QED) is 0.515. The van der Waals surface area contributed by atoms with E-state index in [1.54, 1.807) is 31.1 Å². The van der Waals surface area contributed by atoms with Crippen molar-refractivity contribution in [2.75, 3.05) is 24.3 Å². The number of aryl methyl sites for hydroxylation is 1. The average Bonchev–Trinajstić information content (AvgIpc) is 2.63. The summed E-state index contributed by atoms with van der Waals surface area (Å²) in [4.78, 5) is 36.7. The number of aromatic amines is 1. The van der Waals surface area contributed by atoms with Gasteiger partial charge in [0.1, 0.15) is 5.82 Å². The molecule has 0 spiro atoms. The van der Waals surface area contributed by atoms with Gasteiger partial charge in [0.25, 0.3) is 5.56 Å². The Hall–Kier alpha value is -3.08. The van der Waals surface area contributed by atoms with Gasteiger partial charge < -0.3 is 25.1 Å². The third kappa shape index (κ3) is 4.42. The molecule has 0 aliphatic carbocycles. The number of carbonyl (C=O) groups excluding carboxylic acids is 1. The van der Waals surface area contributed by atoms with Gasteiger partial charge in [-0.2, -0.15) is 0 Å². The summed E-state index contributed by atoms with van der Waals surface area (Å²) >= 11 is 0. The van der Waals surface area contributed by atoms with Crippen molar-refractivity contribution < 1.29 is 28.8 Å². The monoisotopic (exact) mass is 371 g/mol. The Labute approximate surface area is 173 Å². The molecule has 0 atom stereocenters. The van der Waals surface area contributed by atoms with Crippen molar-refractivity contribution in [3.8, 4) is 11.3 Å². The van der Waals surface area contributed by atoms with Crippen molar-refractivity contribution in [3.63, 3.8) is 0 Å². The second kappa shape index (κ2) is 8.74. The first-order chi connectivity index (χ1) is 12.9. The molecule has 0 saturated carbocycles. The molecule has 0 amide bonds. The van der Waals surface area contributed by atoms with Gasteiger partial charge in [-0.1, -0.05) is 6.07 Å². The van der Waals surface area contributed by atoms with Gasteiger partial charge in [0, 0.05) is 37.7 Å². The first-order valence-corrected chi connectivity index (χ1v) is 8.18. The molecular weight excluding hydrogens is 353 g/mol. The first kappa shape index (κ1) is 21.2. The van der Waals surface area contributed by atoms with Crippen LogP contribution in [-0.4, -0.2) is 35.0 Å². The van der Waals surface area contributed by atoms with Gasteiger partial charge in [-0.15, -0.1) is 0 Å². The van der Waals surface area contributed by atoms with Crippen LogP contribution in [0.5, 0.6) is 0 Å². The van der Waals surface area contributed by atoms with Crippen molar-refractivity contribution in [3.05, 3.63) is 64.3 Å². The van der Waals surface area contributed by atoms with E-state index in [1.165, 1.54) is 18.5 Å². The summed E-state index contributed by atoms with van der Waals surface area (Å²) in [7, 11) is 3.54. The third-order valence-corrected chi connectivity index (χ3v) is 3.94. The fourth-order valence-electron chi connectivity index (χ4n) is 2.66. The van der Waals surface area contributed by atoms with E-state index in [0.717, 1.165) is 5.69 Å². The number of aromatic nitrogens is 3. The predicted molar refractivity (Wildman–Crippen MR) is 101 cm³/mol. The van der Waals surface area contributed by atoms with Crippen LogP contribution in [-0.2, 0) is 0 Å². The minimum absolute atomic E-state index is 0. The molecule has 0 unspecified atom stereocenters. The first-order valence-electron chi connectivity index (χ1n) is 8.18. The number of H-pyrrole nitrogens is 1. The second-order valence-electron chi connectivity index (χ2n) is 6.17. The maximum atomic E-state index is 12.6. The van der Waals surface area contributed by atoms with Crippen LogP contribution in [0.3, 0.4) is 0 Å². The van der Waals surface area contributed by atoms with Crippen molar-refractivity contribution >= 4 is 23.2 Å². The van der Waals surface area contributed by atoms with Crippen molar-refractivity contribution in [1.29, 1.82) is 0 Å². The molecule has 28 heavy (non-hydrogen) atoms. The van der Waals surface area contributed by atoms with E-state index in [2.05, 4.69) is 20.3 Å². The molecule has 0 fully saturated rings. The predicted octanol–water partition coefficient (Wildman–Crippen LogP) is -1.68. The van der Waals surface area contributed by atoms with E-state index in [-0.39, 0.29) is 30.0 Å². The molecule has 3 aromatic heterocycles. The van der Waals surface area contributed by atoms with E-state index in [0.29, 0.717) is 28.5 Å². The molecule has 0 saturated heterocycles. The van der Waals surface area contributed by atoms with Crippen LogP contribution in [0, 0.1) is 6.92 Å². The van der Waals surface area contributed by atoms with Gasteiger partial charge in [-0.25, -0.2) is 0 Å². The summed E-state index contributed by atoms with van der Waals surface area (Å²) in [6.07, 6.45) is 2.68. The maximum absolute atomic E-state index is 12.6. The van der Waals surface area contributed by atoms with E-state index in [1.807, 2.05) is 19.1 Å². The molecule has 3 aromatic rings. The zero-order chi connectivity index (χ0) is 19.6. The van der Waals surface area contributed by atoms with E-state index < -0.39 is 5.97 Å². The largest absolute Gasteiger partial charge is 1.00 e. The van der Waals surface area contributed by atoms with Crippen LogP contribution >= 0.6 is 0 Å². The van der Waals surface area contributed by atoms with Crippen molar-refractivity contribution in [2.24, 2.45) is 0 Å². The van der Waals surface area contributed by atoms with Crippen LogP contribution < -0.4 is 39.7 Å². The van der Waals surface area contributed by atoms with Crippen molar-refractivity contribution in [1.82, 2.24) is 15.0 Å². The Bertz CT molecular complexity index is 1070. The smallest absolute Gasteiger partial charge is 0.545 e. The minimum Gasteiger partial charge on any atom is -0.545 e. The maximum Gasteiger partial charge on any atom is 1.00 e. The number of pyridine rings is 3. The number of rotatable bonds is 5. The zero-order valence-electron chi connectivity index (χ0n) is 16.1. The number of hydrogen-bond acceptors (Lipinski definition) is 7. The number of nitrogens with zero attached hydrogens (tertiary/aromatic N) is 3. The summed E-state index contributed by atoms with van der Waals surface area (Å²) in [5, 5.41) is 14.4. The summed E-state index contributed by atoms with van der Waals surface area (Å²) in [6.45, 7) is 1.84. The van der Waals surface area contributed by atoms with E-state index in [4.69, 9.17) is 0 Å². The van der Waals surface area contributed by atoms with Gasteiger partial charge in [0.2, 0.25) is 0 Å². The van der Waals surface area contributed by atoms with Crippen LogP contribution in [0.4, 0.5) is 17.2 Å². The molecule has 0 aliphatic rings. The molecule has 8 nitrogen and oxygen atoms in total. The Kier molecular flexibility index (Phi) is 6.62. The minimum atomic E-state index is -1.35. The molecular formula is C19H18LiN5O3.